The van der Waals surface area contributed by atoms with Crippen LogP contribution in [-0.2, 0) is 9.47 Å². The Bertz CT molecular complexity index is 131. The van der Waals surface area contributed by atoms with Crippen molar-refractivity contribution in [1.82, 2.24) is 0 Å². The molecule has 0 radical (unpaired) electrons. The van der Waals surface area contributed by atoms with E-state index in [-0.39, 0.29) is 6.61 Å². The van der Waals surface area contributed by atoms with Gasteiger partial charge in [0.05, 0.1) is 24.8 Å². The zero-order valence-corrected chi connectivity index (χ0v) is 6.43. The van der Waals surface area contributed by atoms with E-state index in [1.165, 1.54) is 7.11 Å². The van der Waals surface area contributed by atoms with Gasteiger partial charge in [0.2, 0.25) is 0 Å². The summed E-state index contributed by atoms with van der Waals surface area (Å²) in [6, 6.07) is -0.919. The molecule has 0 aromatic rings. The van der Waals surface area contributed by atoms with E-state index in [9.17, 15) is 5.11 Å². The number of ether oxygens (including phenoxy) is 2. The van der Waals surface area contributed by atoms with Gasteiger partial charge in [0.1, 0.15) is 0 Å². The third kappa shape index (κ3) is 1.69. The van der Waals surface area contributed by atoms with Crippen LogP contribution in [0.4, 0.5) is 0 Å². The minimum absolute atomic E-state index is 0.188. The van der Waals surface area contributed by atoms with Crippen LogP contribution >= 0.6 is 0 Å². The lowest BCUT2D eigenvalue weighted by molar-refractivity contribution is -0.188. The molecule has 4 unspecified atom stereocenters. The lowest BCUT2D eigenvalue weighted by Crippen LogP contribution is -2.61. The molecule has 0 aromatic carbocycles. The van der Waals surface area contributed by atoms with Crippen LogP contribution in [0.3, 0.4) is 0 Å². The number of methoxy groups -OCH3 is 1. The Hall–Kier alpha value is -0.200. The second-order valence-corrected chi connectivity index (χ2v) is 2.66. The van der Waals surface area contributed by atoms with Crippen molar-refractivity contribution in [2.45, 2.75) is 24.5 Å². The van der Waals surface area contributed by atoms with Gasteiger partial charge in [0.25, 0.3) is 0 Å². The lowest BCUT2D eigenvalue weighted by atomic mass is 10.0. The normalized spacial score (nSPS) is 45.8. The fourth-order valence-corrected chi connectivity index (χ4v) is 1.08. The molecule has 1 rings (SSSR count). The molecule has 1 saturated heterocycles. The third-order valence-electron chi connectivity index (χ3n) is 1.87. The molecule has 0 aliphatic carbocycles. The standard InChI is InChI=1S/C6H14N2O3/c1-10-6-5(8)4(7)3(9)2-11-6/h3-6,9H,2,7-8H2,1H3. The lowest BCUT2D eigenvalue weighted by Gasteiger charge is -2.35. The fraction of sp³-hybridized carbons (Fsp3) is 1.00. The van der Waals surface area contributed by atoms with Crippen LogP contribution in [0.15, 0.2) is 0 Å². The van der Waals surface area contributed by atoms with Gasteiger partial charge in [-0.15, -0.1) is 0 Å². The molecule has 5 N–H and O–H groups in total. The van der Waals surface area contributed by atoms with E-state index >= 15 is 0 Å². The molecule has 0 saturated carbocycles. The SMILES string of the molecule is COC1OCC(O)C(N)C1N. The number of hydrogen-bond donors (Lipinski definition) is 3. The molecule has 1 aliphatic rings. The van der Waals surface area contributed by atoms with Gasteiger partial charge in [-0.25, -0.2) is 0 Å². The van der Waals surface area contributed by atoms with E-state index in [4.69, 9.17) is 20.9 Å². The van der Waals surface area contributed by atoms with Gasteiger partial charge in [-0.1, -0.05) is 0 Å². The van der Waals surface area contributed by atoms with E-state index in [1.807, 2.05) is 0 Å². The first kappa shape index (κ1) is 8.89. The molecular formula is C6H14N2O3. The monoisotopic (exact) mass is 162 g/mol. The average Bonchev–Trinajstić information content (AvgIpc) is 2.01. The number of rotatable bonds is 1. The van der Waals surface area contributed by atoms with Crippen molar-refractivity contribution < 1.29 is 14.6 Å². The molecule has 1 fully saturated rings. The Labute approximate surface area is 65.3 Å². The van der Waals surface area contributed by atoms with Gasteiger partial charge < -0.3 is 26.0 Å². The van der Waals surface area contributed by atoms with Gasteiger partial charge in [-0.05, 0) is 0 Å². The quantitative estimate of drug-likeness (QED) is 0.415. The third-order valence-corrected chi connectivity index (χ3v) is 1.87. The highest BCUT2D eigenvalue weighted by Crippen LogP contribution is 2.11. The summed E-state index contributed by atoms with van der Waals surface area (Å²) in [4.78, 5) is 0. The highest BCUT2D eigenvalue weighted by atomic mass is 16.7. The second-order valence-electron chi connectivity index (χ2n) is 2.66. The fourth-order valence-electron chi connectivity index (χ4n) is 1.08. The molecule has 66 valence electrons. The molecule has 5 heteroatoms. The van der Waals surface area contributed by atoms with E-state index in [2.05, 4.69) is 0 Å². The Morgan fingerprint density at radius 2 is 2.09 bits per heavy atom. The van der Waals surface area contributed by atoms with Crippen LogP contribution in [0, 0.1) is 0 Å². The van der Waals surface area contributed by atoms with Crippen LogP contribution in [-0.4, -0.2) is 43.3 Å². The Balaban J connectivity index is 2.52. The minimum Gasteiger partial charge on any atom is -0.389 e. The molecule has 4 atom stereocenters. The number of nitrogens with two attached hydrogens (primary N) is 2. The van der Waals surface area contributed by atoms with Crippen molar-refractivity contribution >= 4 is 0 Å². The molecule has 1 aliphatic heterocycles. The van der Waals surface area contributed by atoms with Crippen LogP contribution < -0.4 is 11.5 Å². The maximum atomic E-state index is 9.18. The largest absolute Gasteiger partial charge is 0.389 e. The van der Waals surface area contributed by atoms with E-state index in [0.717, 1.165) is 0 Å². The molecule has 0 amide bonds. The smallest absolute Gasteiger partial charge is 0.173 e. The molecule has 0 bridgehead atoms. The van der Waals surface area contributed by atoms with Crippen LogP contribution in [0.1, 0.15) is 0 Å². The molecule has 5 nitrogen and oxygen atoms in total. The van der Waals surface area contributed by atoms with Crippen molar-refractivity contribution in [1.29, 1.82) is 0 Å². The van der Waals surface area contributed by atoms with Crippen LogP contribution in [0.5, 0.6) is 0 Å². The van der Waals surface area contributed by atoms with Crippen molar-refractivity contribution in [2.75, 3.05) is 13.7 Å². The summed E-state index contributed by atoms with van der Waals surface area (Å²) >= 11 is 0. The summed E-state index contributed by atoms with van der Waals surface area (Å²) in [5.41, 5.74) is 11.1. The van der Waals surface area contributed by atoms with Gasteiger partial charge >= 0.3 is 0 Å². The Morgan fingerprint density at radius 1 is 1.45 bits per heavy atom. The van der Waals surface area contributed by atoms with E-state index < -0.39 is 24.5 Å². The summed E-state index contributed by atoms with van der Waals surface area (Å²) in [7, 11) is 1.49. The summed E-state index contributed by atoms with van der Waals surface area (Å²) in [5.74, 6) is 0. The van der Waals surface area contributed by atoms with Gasteiger partial charge in [-0.3, -0.25) is 0 Å². The average molecular weight is 162 g/mol. The predicted molar refractivity (Wildman–Crippen MR) is 38.7 cm³/mol. The van der Waals surface area contributed by atoms with Crippen LogP contribution in [0.2, 0.25) is 0 Å². The zero-order valence-electron chi connectivity index (χ0n) is 6.43. The molecule has 11 heavy (non-hydrogen) atoms. The van der Waals surface area contributed by atoms with Gasteiger partial charge in [0, 0.05) is 7.11 Å². The maximum Gasteiger partial charge on any atom is 0.173 e. The highest BCUT2D eigenvalue weighted by Gasteiger charge is 2.34. The Morgan fingerprint density at radius 3 is 2.64 bits per heavy atom. The van der Waals surface area contributed by atoms with Gasteiger partial charge in [-0.2, -0.15) is 0 Å². The second kappa shape index (κ2) is 3.46. The predicted octanol–water partition coefficient (Wildman–Crippen LogP) is -2.00. The topological polar surface area (TPSA) is 90.7 Å². The zero-order chi connectivity index (χ0) is 8.43. The molecule has 0 aromatic heterocycles. The first-order valence-corrected chi connectivity index (χ1v) is 3.50. The number of aliphatic hydroxyl groups excluding tert-OH is 1. The minimum atomic E-state index is -0.684. The number of aliphatic hydroxyl groups is 1. The molecule has 1 heterocycles. The number of hydrogen-bond acceptors (Lipinski definition) is 5. The van der Waals surface area contributed by atoms with E-state index in [0.29, 0.717) is 0 Å². The maximum absolute atomic E-state index is 9.18. The first-order valence-electron chi connectivity index (χ1n) is 3.50. The summed E-state index contributed by atoms with van der Waals surface area (Å²) in [5, 5.41) is 9.18. The van der Waals surface area contributed by atoms with Gasteiger partial charge in [0.15, 0.2) is 6.29 Å². The van der Waals surface area contributed by atoms with E-state index in [1.54, 1.807) is 0 Å². The van der Waals surface area contributed by atoms with Crippen molar-refractivity contribution in [3.05, 3.63) is 0 Å². The van der Waals surface area contributed by atoms with Crippen molar-refractivity contribution in [3.8, 4) is 0 Å². The highest BCUT2D eigenvalue weighted by molar-refractivity contribution is 4.88. The summed E-state index contributed by atoms with van der Waals surface area (Å²) < 4.78 is 9.93. The molecular weight excluding hydrogens is 148 g/mol. The summed E-state index contributed by atoms with van der Waals surface area (Å²) in [6.07, 6.45) is -1.18. The first-order chi connectivity index (χ1) is 5.16. The van der Waals surface area contributed by atoms with Crippen molar-refractivity contribution in [3.63, 3.8) is 0 Å². The Kier molecular flexibility index (Phi) is 2.80. The van der Waals surface area contributed by atoms with Crippen LogP contribution in [0.25, 0.3) is 0 Å². The van der Waals surface area contributed by atoms with Crippen molar-refractivity contribution in [2.24, 2.45) is 11.5 Å². The molecule has 0 spiro atoms. The summed E-state index contributed by atoms with van der Waals surface area (Å²) in [6.45, 7) is 0.188.